The smallest absolute Gasteiger partial charge is 0.309 e. The van der Waals surface area contributed by atoms with Crippen LogP contribution in [-0.4, -0.2) is 35.4 Å². The molecule has 2 atom stereocenters. The lowest BCUT2D eigenvalue weighted by Gasteiger charge is -2.28. The van der Waals surface area contributed by atoms with Crippen LogP contribution in [0.4, 0.5) is 0 Å². The molecule has 44 heavy (non-hydrogen) atoms. The number of benzene rings is 2. The fraction of sp³-hybridized carbons (Fsp3) is 0.632. The van der Waals surface area contributed by atoms with Gasteiger partial charge in [0.1, 0.15) is 24.7 Å². The van der Waals surface area contributed by atoms with E-state index in [0.29, 0.717) is 24.3 Å². The van der Waals surface area contributed by atoms with Crippen LogP contribution in [0.25, 0.3) is 0 Å². The highest BCUT2D eigenvalue weighted by molar-refractivity contribution is 5.73. The molecule has 0 aromatic heterocycles. The van der Waals surface area contributed by atoms with Gasteiger partial charge in [0.15, 0.2) is 0 Å². The minimum absolute atomic E-state index is 0.0146. The topological polar surface area (TPSA) is 93.1 Å². The Balaban J connectivity index is 2.01. The van der Waals surface area contributed by atoms with Crippen molar-refractivity contribution in [1.29, 1.82) is 0 Å². The minimum Gasteiger partial charge on any atom is -0.507 e. The van der Waals surface area contributed by atoms with Gasteiger partial charge < -0.3 is 19.7 Å². The number of carbonyl (C=O) groups excluding carboxylic acids is 2. The first-order valence-corrected chi connectivity index (χ1v) is 15.9. The van der Waals surface area contributed by atoms with Gasteiger partial charge in [-0.1, -0.05) is 121 Å². The average molecular weight is 611 g/mol. The molecule has 0 radical (unpaired) electrons. The van der Waals surface area contributed by atoms with Crippen LogP contribution in [0.1, 0.15) is 130 Å². The summed E-state index contributed by atoms with van der Waals surface area (Å²) >= 11 is 0. The number of carbonyl (C=O) groups is 2. The van der Waals surface area contributed by atoms with Gasteiger partial charge in [-0.3, -0.25) is 9.59 Å². The third kappa shape index (κ3) is 9.74. The summed E-state index contributed by atoms with van der Waals surface area (Å²) in [4.78, 5) is 25.6. The number of ether oxygens (including phenoxy) is 2. The molecule has 0 spiro atoms. The second-order valence-corrected chi connectivity index (χ2v) is 16.6. The summed E-state index contributed by atoms with van der Waals surface area (Å²) < 4.78 is 10.9. The van der Waals surface area contributed by atoms with Crippen molar-refractivity contribution in [1.82, 2.24) is 0 Å². The molecule has 0 bridgehead atoms. The molecule has 0 amide bonds. The Morgan fingerprint density at radius 2 is 0.773 bits per heavy atom. The molecule has 6 nitrogen and oxygen atoms in total. The summed E-state index contributed by atoms with van der Waals surface area (Å²) in [6.07, 6.45) is 0.948. The molecule has 0 saturated heterocycles. The summed E-state index contributed by atoms with van der Waals surface area (Å²) in [5.41, 5.74) is 4.37. The summed E-state index contributed by atoms with van der Waals surface area (Å²) in [6, 6.07) is 7.95. The highest BCUT2D eigenvalue weighted by Crippen LogP contribution is 2.41. The molecule has 0 fully saturated rings. The zero-order valence-corrected chi connectivity index (χ0v) is 29.8. The van der Waals surface area contributed by atoms with Gasteiger partial charge in [-0.2, -0.15) is 0 Å². The monoisotopic (exact) mass is 610 g/mol. The number of hydrogen-bond acceptors (Lipinski definition) is 6. The first kappa shape index (κ1) is 37.2. The molecule has 0 aliphatic heterocycles. The highest BCUT2D eigenvalue weighted by Gasteiger charge is 2.29. The largest absolute Gasteiger partial charge is 0.507 e. The molecule has 2 rings (SSSR count). The van der Waals surface area contributed by atoms with E-state index in [4.69, 9.17) is 9.47 Å². The Bertz CT molecular complexity index is 1150. The SMILES string of the molecule is CC(Cc1cc(C(C)(C)C)c(O)c(C(C)(C)C)c1)C(=O)OCCOC(=O)C(C)Cc1cc(C(C)(C)C)c(O)c(C(C)(C)C)c1. The van der Waals surface area contributed by atoms with Gasteiger partial charge in [0.2, 0.25) is 0 Å². The van der Waals surface area contributed by atoms with Crippen LogP contribution >= 0.6 is 0 Å². The van der Waals surface area contributed by atoms with E-state index in [9.17, 15) is 19.8 Å². The molecule has 2 unspecified atom stereocenters. The molecule has 0 saturated carbocycles. The fourth-order valence-electron chi connectivity index (χ4n) is 5.35. The Kier molecular flexibility index (Phi) is 11.4. The fourth-order valence-corrected chi connectivity index (χ4v) is 5.35. The molecular weight excluding hydrogens is 552 g/mol. The molecular formula is C38H58O6. The third-order valence-corrected chi connectivity index (χ3v) is 8.03. The Labute approximate surface area is 266 Å². The van der Waals surface area contributed by atoms with Gasteiger partial charge >= 0.3 is 11.9 Å². The van der Waals surface area contributed by atoms with Gasteiger partial charge in [-0.25, -0.2) is 0 Å². The predicted octanol–water partition coefficient (Wildman–Crippen LogP) is 8.43. The van der Waals surface area contributed by atoms with E-state index < -0.39 is 11.8 Å². The molecule has 0 aliphatic rings. The number of phenolic OH excluding ortho intramolecular Hbond substituents is 2. The van der Waals surface area contributed by atoms with Crippen molar-refractivity contribution in [2.75, 3.05) is 13.2 Å². The van der Waals surface area contributed by atoms with Crippen LogP contribution in [0, 0.1) is 11.8 Å². The standard InChI is InChI=1S/C38H58O6/c1-23(17-25-19-27(35(3,4)5)31(39)28(20-25)36(6,7)8)33(41)43-15-16-44-34(42)24(2)18-26-21-29(37(9,10)11)32(40)30(22-26)38(12,13)14/h19-24,39-40H,15-18H2,1-14H3. The van der Waals surface area contributed by atoms with E-state index in [0.717, 1.165) is 33.4 Å². The lowest BCUT2D eigenvalue weighted by atomic mass is 9.77. The maximum absolute atomic E-state index is 12.8. The molecule has 2 aromatic rings. The van der Waals surface area contributed by atoms with E-state index in [1.165, 1.54) is 0 Å². The summed E-state index contributed by atoms with van der Waals surface area (Å²) in [7, 11) is 0. The number of esters is 2. The van der Waals surface area contributed by atoms with Crippen molar-refractivity contribution in [2.45, 2.75) is 131 Å². The quantitative estimate of drug-likeness (QED) is 0.219. The van der Waals surface area contributed by atoms with Crippen molar-refractivity contribution in [3.05, 3.63) is 57.6 Å². The predicted molar refractivity (Wildman–Crippen MR) is 179 cm³/mol. The lowest BCUT2D eigenvalue weighted by Crippen LogP contribution is -2.23. The highest BCUT2D eigenvalue weighted by atomic mass is 16.6. The number of phenols is 2. The van der Waals surface area contributed by atoms with Crippen LogP contribution in [-0.2, 0) is 53.6 Å². The summed E-state index contributed by atoms with van der Waals surface area (Å²) in [6.45, 7) is 28.4. The first-order chi connectivity index (χ1) is 19.8. The number of hydrogen-bond donors (Lipinski definition) is 2. The van der Waals surface area contributed by atoms with Crippen LogP contribution in [0.3, 0.4) is 0 Å². The summed E-state index contributed by atoms with van der Waals surface area (Å²) in [5, 5.41) is 22.0. The lowest BCUT2D eigenvalue weighted by molar-refractivity contribution is -0.156. The van der Waals surface area contributed by atoms with Gasteiger partial charge in [0, 0.05) is 0 Å². The maximum Gasteiger partial charge on any atom is 0.309 e. The second kappa shape index (κ2) is 13.5. The molecule has 6 heteroatoms. The minimum atomic E-state index is -0.404. The maximum atomic E-state index is 12.8. The van der Waals surface area contributed by atoms with E-state index in [1.807, 2.05) is 38.1 Å². The van der Waals surface area contributed by atoms with E-state index >= 15 is 0 Å². The third-order valence-electron chi connectivity index (χ3n) is 8.03. The van der Waals surface area contributed by atoms with Crippen LogP contribution in [0.5, 0.6) is 11.5 Å². The van der Waals surface area contributed by atoms with Crippen molar-refractivity contribution in [2.24, 2.45) is 11.8 Å². The second-order valence-electron chi connectivity index (χ2n) is 16.6. The average Bonchev–Trinajstić information content (AvgIpc) is 2.85. The Hall–Kier alpha value is -3.02. The van der Waals surface area contributed by atoms with Gasteiger partial charge in [-0.05, 0) is 67.9 Å². The molecule has 0 aliphatic carbocycles. The van der Waals surface area contributed by atoms with Crippen molar-refractivity contribution in [3.8, 4) is 11.5 Å². The zero-order chi connectivity index (χ0) is 34.0. The van der Waals surface area contributed by atoms with Crippen LogP contribution in [0.2, 0.25) is 0 Å². The van der Waals surface area contributed by atoms with Crippen molar-refractivity contribution in [3.63, 3.8) is 0 Å². The molecule has 2 aromatic carbocycles. The molecule has 246 valence electrons. The normalized spacial score (nSPS) is 14.2. The number of aromatic hydroxyl groups is 2. The molecule has 2 N–H and O–H groups in total. The van der Waals surface area contributed by atoms with Crippen molar-refractivity contribution < 1.29 is 29.3 Å². The van der Waals surface area contributed by atoms with Gasteiger partial charge in [-0.15, -0.1) is 0 Å². The van der Waals surface area contributed by atoms with Gasteiger partial charge in [0.05, 0.1) is 11.8 Å². The Morgan fingerprint density at radius 1 is 0.545 bits per heavy atom. The van der Waals surface area contributed by atoms with Gasteiger partial charge in [0.25, 0.3) is 0 Å². The molecule has 0 heterocycles. The van der Waals surface area contributed by atoms with E-state index in [1.54, 1.807) is 0 Å². The van der Waals surface area contributed by atoms with Crippen molar-refractivity contribution >= 4 is 11.9 Å². The number of rotatable bonds is 9. The van der Waals surface area contributed by atoms with Crippen LogP contribution in [0.15, 0.2) is 24.3 Å². The first-order valence-electron chi connectivity index (χ1n) is 15.9. The Morgan fingerprint density at radius 3 is 0.977 bits per heavy atom. The van der Waals surface area contributed by atoms with E-state index in [-0.39, 0.29) is 46.8 Å². The summed E-state index contributed by atoms with van der Waals surface area (Å²) in [5.74, 6) is -0.892. The zero-order valence-electron chi connectivity index (χ0n) is 29.8. The van der Waals surface area contributed by atoms with E-state index in [2.05, 4.69) is 83.1 Å². The van der Waals surface area contributed by atoms with Crippen LogP contribution < -0.4 is 0 Å².